The van der Waals surface area contributed by atoms with Crippen LogP contribution in [0.25, 0.3) is 5.57 Å². The predicted octanol–water partition coefficient (Wildman–Crippen LogP) is 4.93. The molecule has 0 N–H and O–H groups in total. The Labute approximate surface area is 117 Å². The van der Waals surface area contributed by atoms with Crippen LogP contribution in [-0.4, -0.2) is 0 Å². The largest absolute Gasteiger partial charge is 0.115 e. The Kier molecular flexibility index (Phi) is 3.67. The summed E-state index contributed by atoms with van der Waals surface area (Å²) in [4.78, 5) is 0. The smallest absolute Gasteiger partial charge is 0.0140 e. The molecule has 0 atom stereocenters. The van der Waals surface area contributed by atoms with Crippen LogP contribution in [0.15, 0.2) is 35.9 Å². The van der Waals surface area contributed by atoms with Gasteiger partial charge in [0.2, 0.25) is 0 Å². The highest BCUT2D eigenvalue weighted by molar-refractivity contribution is 5.85. The van der Waals surface area contributed by atoms with Crippen LogP contribution < -0.4 is 0 Å². The topological polar surface area (TPSA) is 0 Å². The van der Waals surface area contributed by atoms with Crippen molar-refractivity contribution in [3.8, 4) is 12.3 Å². The first-order valence-corrected chi connectivity index (χ1v) is 6.87. The number of benzene rings is 1. The monoisotopic (exact) mass is 250 g/mol. The van der Waals surface area contributed by atoms with Crippen molar-refractivity contribution < 1.29 is 0 Å². The van der Waals surface area contributed by atoms with Crippen molar-refractivity contribution in [1.29, 1.82) is 0 Å². The van der Waals surface area contributed by atoms with Crippen LogP contribution in [-0.2, 0) is 6.42 Å². The normalized spacial score (nSPS) is 14.9. The highest BCUT2D eigenvalue weighted by Crippen LogP contribution is 2.34. The molecule has 1 aliphatic rings. The molecule has 0 nitrogen and oxygen atoms in total. The molecule has 0 saturated heterocycles. The average molecular weight is 250 g/mol. The summed E-state index contributed by atoms with van der Waals surface area (Å²) in [5.41, 5.74) is 6.65. The van der Waals surface area contributed by atoms with Crippen molar-refractivity contribution in [1.82, 2.24) is 0 Å². The third-order valence-electron chi connectivity index (χ3n) is 3.43. The molecule has 0 heterocycles. The number of allylic oxidation sites excluding steroid dienone is 4. The first kappa shape index (κ1) is 13.7. The van der Waals surface area contributed by atoms with Crippen molar-refractivity contribution in [3.05, 3.63) is 52.6 Å². The third kappa shape index (κ3) is 3.18. The van der Waals surface area contributed by atoms with Crippen LogP contribution in [0.5, 0.6) is 0 Å². The maximum atomic E-state index is 5.66. The number of hydrogen-bond acceptors (Lipinski definition) is 0. The zero-order valence-electron chi connectivity index (χ0n) is 12.4. The second-order valence-corrected chi connectivity index (χ2v) is 6.54. The minimum Gasteiger partial charge on any atom is -0.115 e. The van der Waals surface area contributed by atoms with Gasteiger partial charge in [0.25, 0.3) is 0 Å². The second-order valence-electron chi connectivity index (χ2n) is 6.54. The van der Waals surface area contributed by atoms with E-state index in [9.17, 15) is 0 Å². The van der Waals surface area contributed by atoms with E-state index in [1.54, 1.807) is 0 Å². The fourth-order valence-corrected chi connectivity index (χ4v) is 2.43. The minimum atomic E-state index is 0.322. The molecule has 2 rings (SSSR count). The zero-order valence-corrected chi connectivity index (χ0v) is 12.4. The van der Waals surface area contributed by atoms with Crippen molar-refractivity contribution >= 4 is 5.57 Å². The molecule has 0 amide bonds. The Balaban J connectivity index is 2.31. The molecule has 0 aromatic heterocycles. The molecule has 1 aliphatic carbocycles. The molecule has 0 saturated carbocycles. The summed E-state index contributed by atoms with van der Waals surface area (Å²) in [6, 6.07) is 6.61. The summed E-state index contributed by atoms with van der Waals surface area (Å²) < 4.78 is 0. The molecule has 19 heavy (non-hydrogen) atoms. The maximum absolute atomic E-state index is 5.66. The van der Waals surface area contributed by atoms with Crippen LogP contribution in [0.3, 0.4) is 0 Å². The Morgan fingerprint density at radius 3 is 2.68 bits per heavy atom. The second kappa shape index (κ2) is 5.10. The van der Waals surface area contributed by atoms with Crippen LogP contribution in [0.1, 0.15) is 43.9 Å². The van der Waals surface area contributed by atoms with E-state index in [2.05, 4.69) is 64.0 Å². The lowest BCUT2D eigenvalue weighted by molar-refractivity contribution is 0.420. The fraction of sp³-hybridized carbons (Fsp3) is 0.368. The Bertz CT molecular complexity index is 583. The van der Waals surface area contributed by atoms with Gasteiger partial charge in [-0.05, 0) is 35.5 Å². The minimum absolute atomic E-state index is 0.322. The van der Waals surface area contributed by atoms with E-state index in [1.807, 2.05) is 0 Å². The van der Waals surface area contributed by atoms with Crippen LogP contribution >= 0.6 is 0 Å². The highest BCUT2D eigenvalue weighted by Gasteiger charge is 2.18. The van der Waals surface area contributed by atoms with E-state index < -0.39 is 0 Å². The number of fused-ring (bicyclic) bond motifs is 1. The number of terminal acetylenes is 1. The van der Waals surface area contributed by atoms with Gasteiger partial charge in [-0.25, -0.2) is 0 Å². The Morgan fingerprint density at radius 2 is 2.05 bits per heavy atom. The lowest BCUT2D eigenvalue weighted by Gasteiger charge is -2.14. The van der Waals surface area contributed by atoms with Gasteiger partial charge in [-0.2, -0.15) is 0 Å². The van der Waals surface area contributed by atoms with E-state index in [-0.39, 0.29) is 0 Å². The summed E-state index contributed by atoms with van der Waals surface area (Å²) in [6.07, 6.45) is 12.1. The Morgan fingerprint density at radius 1 is 1.32 bits per heavy atom. The van der Waals surface area contributed by atoms with Gasteiger partial charge in [-0.3, -0.25) is 0 Å². The van der Waals surface area contributed by atoms with Crippen molar-refractivity contribution in [2.24, 2.45) is 5.41 Å². The summed E-state index contributed by atoms with van der Waals surface area (Å²) in [7, 11) is 0. The molecule has 1 aromatic rings. The van der Waals surface area contributed by atoms with Crippen LogP contribution in [0.2, 0.25) is 0 Å². The highest BCUT2D eigenvalue weighted by atomic mass is 14.2. The summed E-state index contributed by atoms with van der Waals surface area (Å²) in [5, 5.41) is 0. The number of hydrogen-bond donors (Lipinski definition) is 0. The molecule has 0 spiro atoms. The van der Waals surface area contributed by atoms with Gasteiger partial charge >= 0.3 is 0 Å². The standard InChI is InChI=1S/C19H22/c1-6-15-13-16-12-14(2)9-10-18(16)17(15)8-7-11-19(3,4)5/h1,7-10,12H,11,13H2,2-5H3/b8-7-. The lowest BCUT2D eigenvalue weighted by Crippen LogP contribution is -2.01. The molecule has 0 radical (unpaired) electrons. The number of aryl methyl sites for hydroxylation is 1. The van der Waals surface area contributed by atoms with Gasteiger partial charge in [0.05, 0.1) is 0 Å². The Hall–Kier alpha value is -1.74. The lowest BCUT2D eigenvalue weighted by atomic mass is 9.91. The average Bonchev–Trinajstić information content (AvgIpc) is 2.65. The first-order chi connectivity index (χ1) is 8.90. The van der Waals surface area contributed by atoms with Gasteiger partial charge in [0.15, 0.2) is 0 Å². The third-order valence-corrected chi connectivity index (χ3v) is 3.43. The molecular formula is C19H22. The maximum Gasteiger partial charge on any atom is 0.0140 e. The summed E-state index contributed by atoms with van der Waals surface area (Å²) in [5.74, 6) is 2.86. The molecule has 0 heteroatoms. The van der Waals surface area contributed by atoms with E-state index in [4.69, 9.17) is 6.42 Å². The molecule has 0 aliphatic heterocycles. The van der Waals surface area contributed by atoms with Gasteiger partial charge in [-0.1, -0.05) is 62.6 Å². The van der Waals surface area contributed by atoms with Gasteiger partial charge in [-0.15, -0.1) is 6.42 Å². The fourth-order valence-electron chi connectivity index (χ4n) is 2.43. The van der Waals surface area contributed by atoms with E-state index in [0.717, 1.165) is 18.4 Å². The predicted molar refractivity (Wildman–Crippen MR) is 83.8 cm³/mol. The SMILES string of the molecule is C#CC1=C(/C=C\CC(C)(C)C)c2ccc(C)cc2C1. The molecule has 98 valence electrons. The quantitative estimate of drug-likeness (QED) is 0.653. The molecular weight excluding hydrogens is 228 g/mol. The van der Waals surface area contributed by atoms with E-state index >= 15 is 0 Å². The van der Waals surface area contributed by atoms with Gasteiger partial charge in [0, 0.05) is 12.0 Å². The summed E-state index contributed by atoms with van der Waals surface area (Å²) in [6.45, 7) is 8.88. The van der Waals surface area contributed by atoms with Crippen molar-refractivity contribution in [3.63, 3.8) is 0 Å². The van der Waals surface area contributed by atoms with Crippen molar-refractivity contribution in [2.75, 3.05) is 0 Å². The first-order valence-electron chi connectivity index (χ1n) is 6.87. The van der Waals surface area contributed by atoms with E-state index in [1.165, 1.54) is 22.3 Å². The van der Waals surface area contributed by atoms with Crippen molar-refractivity contribution in [2.45, 2.75) is 40.5 Å². The van der Waals surface area contributed by atoms with Crippen LogP contribution in [0.4, 0.5) is 0 Å². The van der Waals surface area contributed by atoms with Gasteiger partial charge in [0.1, 0.15) is 0 Å². The molecule has 0 fully saturated rings. The molecule has 0 unspecified atom stereocenters. The molecule has 0 bridgehead atoms. The molecule has 1 aromatic carbocycles. The zero-order chi connectivity index (χ0) is 14.0. The van der Waals surface area contributed by atoms with Crippen LogP contribution in [0, 0.1) is 24.7 Å². The van der Waals surface area contributed by atoms with Gasteiger partial charge < -0.3 is 0 Å². The van der Waals surface area contributed by atoms with E-state index in [0.29, 0.717) is 5.41 Å². The summed E-state index contributed by atoms with van der Waals surface area (Å²) >= 11 is 0. The number of rotatable bonds is 2.